The smallest absolute Gasteiger partial charge is 0.407 e. The molecule has 0 saturated carbocycles. The fourth-order valence-electron chi connectivity index (χ4n) is 4.44. The quantitative estimate of drug-likeness (QED) is 0.422. The van der Waals surface area contributed by atoms with Crippen molar-refractivity contribution in [3.8, 4) is 11.1 Å². The van der Waals surface area contributed by atoms with E-state index in [4.69, 9.17) is 14.6 Å². The third-order valence-electron chi connectivity index (χ3n) is 5.97. The lowest BCUT2D eigenvalue weighted by molar-refractivity contribution is -0.140. The monoisotopic (exact) mass is 482 g/mol. The highest BCUT2D eigenvalue weighted by molar-refractivity contribution is 5.86. The van der Waals surface area contributed by atoms with Gasteiger partial charge in [-0.3, -0.25) is 9.59 Å². The number of amides is 2. The fraction of sp³-hybridized carbons (Fsp3) is 0.444. The Bertz CT molecular complexity index is 992. The molecule has 0 heterocycles. The summed E-state index contributed by atoms with van der Waals surface area (Å²) in [5.74, 6) is -1.34. The molecule has 0 spiro atoms. The number of hydrogen-bond acceptors (Lipinski definition) is 5. The van der Waals surface area contributed by atoms with Gasteiger partial charge in [0.05, 0.1) is 12.5 Å². The van der Waals surface area contributed by atoms with E-state index in [2.05, 4.69) is 22.8 Å². The van der Waals surface area contributed by atoms with E-state index in [1.165, 1.54) is 0 Å². The summed E-state index contributed by atoms with van der Waals surface area (Å²) in [4.78, 5) is 36.5. The Balaban J connectivity index is 1.61. The van der Waals surface area contributed by atoms with Crippen LogP contribution in [-0.2, 0) is 19.1 Å². The van der Waals surface area contributed by atoms with Gasteiger partial charge < -0.3 is 25.2 Å². The molecule has 2 atom stereocenters. The molecule has 8 nitrogen and oxygen atoms in total. The Morgan fingerprint density at radius 1 is 1.00 bits per heavy atom. The first-order valence-electron chi connectivity index (χ1n) is 12.0. The maximum absolute atomic E-state index is 12.8. The number of hydrogen-bond donors (Lipinski definition) is 3. The van der Waals surface area contributed by atoms with Crippen molar-refractivity contribution in [2.45, 2.75) is 51.7 Å². The molecule has 1 aliphatic rings. The molecular weight excluding hydrogens is 448 g/mol. The highest BCUT2D eigenvalue weighted by atomic mass is 16.5. The largest absolute Gasteiger partial charge is 0.481 e. The minimum Gasteiger partial charge on any atom is -0.481 e. The summed E-state index contributed by atoms with van der Waals surface area (Å²) in [6.45, 7) is 6.19. The predicted octanol–water partition coefficient (Wildman–Crippen LogP) is 3.94. The van der Waals surface area contributed by atoms with Gasteiger partial charge in [-0.25, -0.2) is 4.79 Å². The van der Waals surface area contributed by atoms with Crippen molar-refractivity contribution >= 4 is 18.0 Å². The molecule has 8 heteroatoms. The fourth-order valence-corrected chi connectivity index (χ4v) is 4.44. The van der Waals surface area contributed by atoms with Crippen LogP contribution in [0.15, 0.2) is 48.5 Å². The number of carboxylic acid groups (broad SMARTS) is 1. The number of carbonyl (C=O) groups is 3. The number of ether oxygens (including phenoxy) is 2. The average molecular weight is 483 g/mol. The summed E-state index contributed by atoms with van der Waals surface area (Å²) in [6.07, 6.45) is -1.12. The van der Waals surface area contributed by atoms with E-state index in [0.29, 0.717) is 13.0 Å². The molecule has 0 aromatic heterocycles. The number of rotatable bonds is 12. The van der Waals surface area contributed by atoms with Crippen LogP contribution in [-0.4, -0.2) is 55.0 Å². The summed E-state index contributed by atoms with van der Waals surface area (Å²) in [5, 5.41) is 14.4. The van der Waals surface area contributed by atoms with Crippen molar-refractivity contribution in [2.75, 3.05) is 19.8 Å². The number of fused-ring (bicyclic) bond motifs is 3. The van der Waals surface area contributed by atoms with E-state index >= 15 is 0 Å². The maximum atomic E-state index is 12.8. The van der Waals surface area contributed by atoms with Gasteiger partial charge in [-0.1, -0.05) is 62.4 Å². The zero-order chi connectivity index (χ0) is 25.4. The number of alkyl carbamates (subject to hydrolysis) is 1. The average Bonchev–Trinajstić information content (AvgIpc) is 3.14. The first-order valence-corrected chi connectivity index (χ1v) is 12.0. The van der Waals surface area contributed by atoms with E-state index in [1.807, 2.05) is 50.2 Å². The minimum absolute atomic E-state index is 0.0416. The Morgan fingerprint density at radius 2 is 1.60 bits per heavy atom. The highest BCUT2D eigenvalue weighted by Gasteiger charge is 2.30. The second-order valence-corrected chi connectivity index (χ2v) is 9.07. The van der Waals surface area contributed by atoms with E-state index in [-0.39, 0.29) is 31.4 Å². The van der Waals surface area contributed by atoms with Gasteiger partial charge in [0.25, 0.3) is 0 Å². The van der Waals surface area contributed by atoms with Crippen LogP contribution in [0.25, 0.3) is 11.1 Å². The molecule has 1 unspecified atom stereocenters. The van der Waals surface area contributed by atoms with Gasteiger partial charge in [-0.15, -0.1) is 0 Å². The lowest BCUT2D eigenvalue weighted by atomic mass is 9.98. The van der Waals surface area contributed by atoms with Gasteiger partial charge in [-0.2, -0.15) is 0 Å². The van der Waals surface area contributed by atoms with Gasteiger partial charge in [-0.05, 0) is 41.5 Å². The van der Waals surface area contributed by atoms with Crippen LogP contribution in [0.5, 0.6) is 0 Å². The van der Waals surface area contributed by atoms with Crippen LogP contribution in [0.3, 0.4) is 0 Å². The second kappa shape index (κ2) is 12.4. The van der Waals surface area contributed by atoms with Crippen LogP contribution in [0.1, 0.15) is 50.7 Å². The van der Waals surface area contributed by atoms with E-state index in [9.17, 15) is 14.4 Å². The normalized spacial score (nSPS) is 14.1. The Labute approximate surface area is 206 Å². The molecule has 0 aliphatic heterocycles. The van der Waals surface area contributed by atoms with Gasteiger partial charge in [0.2, 0.25) is 5.91 Å². The topological polar surface area (TPSA) is 114 Å². The summed E-state index contributed by atoms with van der Waals surface area (Å²) in [7, 11) is 0. The van der Waals surface area contributed by atoms with Crippen molar-refractivity contribution in [1.29, 1.82) is 0 Å². The van der Waals surface area contributed by atoms with Crippen molar-refractivity contribution in [3.63, 3.8) is 0 Å². The van der Waals surface area contributed by atoms with Crippen molar-refractivity contribution in [2.24, 2.45) is 5.92 Å². The molecule has 0 fully saturated rings. The predicted molar refractivity (Wildman–Crippen MR) is 132 cm³/mol. The number of benzene rings is 2. The van der Waals surface area contributed by atoms with E-state index in [1.54, 1.807) is 6.92 Å². The third-order valence-corrected chi connectivity index (χ3v) is 5.97. The summed E-state index contributed by atoms with van der Waals surface area (Å²) in [5.41, 5.74) is 4.50. The van der Waals surface area contributed by atoms with E-state index < -0.39 is 30.1 Å². The van der Waals surface area contributed by atoms with Crippen molar-refractivity contribution in [3.05, 3.63) is 59.7 Å². The van der Waals surface area contributed by atoms with Crippen LogP contribution in [0.2, 0.25) is 0 Å². The molecule has 35 heavy (non-hydrogen) atoms. The van der Waals surface area contributed by atoms with Crippen LogP contribution >= 0.6 is 0 Å². The van der Waals surface area contributed by atoms with E-state index in [0.717, 1.165) is 22.3 Å². The molecule has 0 bridgehead atoms. The zero-order valence-electron chi connectivity index (χ0n) is 20.5. The summed E-state index contributed by atoms with van der Waals surface area (Å²) >= 11 is 0. The molecular formula is C27H34N2O6. The molecule has 188 valence electrons. The molecule has 3 rings (SSSR count). The Morgan fingerprint density at radius 3 is 2.14 bits per heavy atom. The van der Waals surface area contributed by atoms with Gasteiger partial charge in [0, 0.05) is 19.1 Å². The van der Waals surface area contributed by atoms with Crippen molar-refractivity contribution in [1.82, 2.24) is 10.6 Å². The summed E-state index contributed by atoms with van der Waals surface area (Å²) < 4.78 is 11.0. The third kappa shape index (κ3) is 7.05. The molecule has 2 aromatic carbocycles. The van der Waals surface area contributed by atoms with Gasteiger partial charge >= 0.3 is 12.1 Å². The Hall–Kier alpha value is -3.39. The SMILES string of the molecule is CCOC(CNC(=O)[C@H](CC(C)C)NC(=O)OCC1c2ccccc2-c2ccccc21)CC(=O)O. The number of aliphatic carboxylic acids is 1. The molecule has 3 N–H and O–H groups in total. The molecule has 1 aliphatic carbocycles. The lowest BCUT2D eigenvalue weighted by Crippen LogP contribution is -2.49. The van der Waals surface area contributed by atoms with Crippen LogP contribution in [0, 0.1) is 5.92 Å². The number of nitrogens with one attached hydrogen (secondary N) is 2. The summed E-state index contributed by atoms with van der Waals surface area (Å²) in [6, 6.07) is 15.3. The molecule has 2 aromatic rings. The number of carboxylic acids is 1. The Kier molecular flexibility index (Phi) is 9.25. The van der Waals surface area contributed by atoms with Crippen molar-refractivity contribution < 1.29 is 29.0 Å². The zero-order valence-corrected chi connectivity index (χ0v) is 20.5. The van der Waals surface area contributed by atoms with Gasteiger partial charge in [0.15, 0.2) is 0 Å². The first kappa shape index (κ1) is 26.2. The molecule has 2 amide bonds. The van der Waals surface area contributed by atoms with Crippen LogP contribution in [0.4, 0.5) is 4.79 Å². The number of carbonyl (C=O) groups excluding carboxylic acids is 2. The highest BCUT2D eigenvalue weighted by Crippen LogP contribution is 2.44. The molecule has 0 radical (unpaired) electrons. The van der Waals surface area contributed by atoms with Gasteiger partial charge in [0.1, 0.15) is 12.6 Å². The first-order chi connectivity index (χ1) is 16.8. The lowest BCUT2D eigenvalue weighted by Gasteiger charge is -2.22. The van der Waals surface area contributed by atoms with Crippen LogP contribution < -0.4 is 10.6 Å². The molecule has 0 saturated heterocycles. The standard InChI is InChI=1S/C27H34N2O6/c1-4-34-18(14-25(30)31)15-28-26(32)24(13-17(2)3)29-27(33)35-16-23-21-11-7-5-9-19(21)20-10-6-8-12-22(20)23/h5-12,17-18,23-24H,4,13-16H2,1-3H3,(H,28,32)(H,29,33)(H,30,31)/t18?,24-/m0/s1. The second-order valence-electron chi connectivity index (χ2n) is 9.07. The minimum atomic E-state index is -1.01. The maximum Gasteiger partial charge on any atom is 0.407 e.